The zero-order valence-electron chi connectivity index (χ0n) is 10.8. The first kappa shape index (κ1) is 12.2. The molecule has 2 aliphatic heterocycles. The standard InChI is InChI=1S/C13H16FN3O2/c1-17-3-2-15-13(17)16-6-9-4-11(14)5-10-7-18-8-19-12(9)10/h4-5H,2-3,6-8H2,1H3,(H,15,16). The van der Waals surface area contributed by atoms with Crippen molar-refractivity contribution in [2.45, 2.75) is 13.2 Å². The molecule has 5 nitrogen and oxygen atoms in total. The predicted octanol–water partition coefficient (Wildman–Crippen LogP) is 1.08. The first-order valence-corrected chi connectivity index (χ1v) is 6.25. The lowest BCUT2D eigenvalue weighted by atomic mass is 10.1. The van der Waals surface area contributed by atoms with E-state index in [9.17, 15) is 4.39 Å². The Hall–Kier alpha value is -1.82. The molecule has 102 valence electrons. The number of likely N-dealkylation sites (N-methyl/N-ethyl adjacent to an activating group) is 1. The van der Waals surface area contributed by atoms with Crippen molar-refractivity contribution in [3.8, 4) is 5.75 Å². The Morgan fingerprint density at radius 1 is 1.47 bits per heavy atom. The number of guanidine groups is 1. The molecule has 2 heterocycles. The van der Waals surface area contributed by atoms with E-state index in [4.69, 9.17) is 9.47 Å². The number of rotatable bonds is 2. The minimum Gasteiger partial charge on any atom is -0.467 e. The van der Waals surface area contributed by atoms with E-state index in [1.165, 1.54) is 12.1 Å². The highest BCUT2D eigenvalue weighted by Crippen LogP contribution is 2.29. The Morgan fingerprint density at radius 2 is 2.37 bits per heavy atom. The summed E-state index contributed by atoms with van der Waals surface area (Å²) in [5.41, 5.74) is 1.55. The van der Waals surface area contributed by atoms with Gasteiger partial charge in [0.15, 0.2) is 12.8 Å². The summed E-state index contributed by atoms with van der Waals surface area (Å²) in [7, 11) is 1.98. The Labute approximate surface area is 111 Å². The monoisotopic (exact) mass is 265 g/mol. The Bertz CT molecular complexity index is 519. The molecule has 0 amide bonds. The third kappa shape index (κ3) is 2.49. The summed E-state index contributed by atoms with van der Waals surface area (Å²) in [6.07, 6.45) is 0. The normalized spacial score (nSPS) is 17.8. The molecule has 1 N–H and O–H groups in total. The SMILES string of the molecule is CN1CCN=C1NCc1cc(F)cc2c1OCOC2. The van der Waals surface area contributed by atoms with Gasteiger partial charge in [-0.1, -0.05) is 0 Å². The van der Waals surface area contributed by atoms with Crippen LogP contribution in [0.3, 0.4) is 0 Å². The van der Waals surface area contributed by atoms with Crippen LogP contribution in [0.1, 0.15) is 11.1 Å². The highest BCUT2D eigenvalue weighted by molar-refractivity contribution is 5.81. The lowest BCUT2D eigenvalue weighted by Crippen LogP contribution is -2.35. The molecule has 0 unspecified atom stereocenters. The van der Waals surface area contributed by atoms with Gasteiger partial charge in [0, 0.05) is 31.3 Å². The van der Waals surface area contributed by atoms with E-state index in [1.54, 1.807) is 0 Å². The molecule has 0 radical (unpaired) electrons. The van der Waals surface area contributed by atoms with E-state index in [1.807, 2.05) is 11.9 Å². The molecule has 0 saturated carbocycles. The van der Waals surface area contributed by atoms with E-state index in [0.29, 0.717) is 13.2 Å². The molecule has 19 heavy (non-hydrogen) atoms. The van der Waals surface area contributed by atoms with Crippen LogP contribution < -0.4 is 10.1 Å². The van der Waals surface area contributed by atoms with Crippen LogP contribution in [0, 0.1) is 5.82 Å². The number of halogens is 1. The number of nitrogens with zero attached hydrogens (tertiary/aromatic N) is 2. The quantitative estimate of drug-likeness (QED) is 0.869. The highest BCUT2D eigenvalue weighted by Gasteiger charge is 2.18. The Morgan fingerprint density at radius 3 is 3.16 bits per heavy atom. The summed E-state index contributed by atoms with van der Waals surface area (Å²) in [6, 6.07) is 2.95. The second-order valence-electron chi connectivity index (χ2n) is 4.64. The molecular weight excluding hydrogens is 249 g/mol. The van der Waals surface area contributed by atoms with Crippen LogP contribution in [0.25, 0.3) is 0 Å². The fourth-order valence-corrected chi connectivity index (χ4v) is 2.29. The molecule has 0 aromatic heterocycles. The molecular formula is C13H16FN3O2. The number of nitrogens with one attached hydrogen (secondary N) is 1. The zero-order chi connectivity index (χ0) is 13.2. The van der Waals surface area contributed by atoms with Crippen LogP contribution >= 0.6 is 0 Å². The van der Waals surface area contributed by atoms with Crippen molar-refractivity contribution in [1.29, 1.82) is 0 Å². The van der Waals surface area contributed by atoms with Gasteiger partial charge in [-0.15, -0.1) is 0 Å². The molecule has 0 atom stereocenters. The number of hydrogen-bond donors (Lipinski definition) is 1. The van der Waals surface area contributed by atoms with Crippen molar-refractivity contribution < 1.29 is 13.9 Å². The largest absolute Gasteiger partial charge is 0.467 e. The minimum absolute atomic E-state index is 0.215. The molecule has 0 fully saturated rings. The Kier molecular flexibility index (Phi) is 3.25. The van der Waals surface area contributed by atoms with Crippen molar-refractivity contribution in [3.05, 3.63) is 29.1 Å². The van der Waals surface area contributed by atoms with Crippen molar-refractivity contribution in [2.24, 2.45) is 4.99 Å². The lowest BCUT2D eigenvalue weighted by molar-refractivity contribution is -0.0173. The van der Waals surface area contributed by atoms with Gasteiger partial charge >= 0.3 is 0 Å². The third-order valence-electron chi connectivity index (χ3n) is 3.25. The smallest absolute Gasteiger partial charge is 0.194 e. The van der Waals surface area contributed by atoms with Crippen molar-refractivity contribution in [1.82, 2.24) is 10.2 Å². The maximum atomic E-state index is 13.6. The summed E-state index contributed by atoms with van der Waals surface area (Å²) < 4.78 is 24.2. The van der Waals surface area contributed by atoms with E-state index in [-0.39, 0.29) is 12.6 Å². The summed E-state index contributed by atoms with van der Waals surface area (Å²) in [6.45, 7) is 2.80. The average Bonchev–Trinajstić information content (AvgIpc) is 2.81. The molecule has 0 saturated heterocycles. The molecule has 0 bridgehead atoms. The van der Waals surface area contributed by atoms with Gasteiger partial charge in [0.25, 0.3) is 0 Å². The molecule has 2 aliphatic rings. The van der Waals surface area contributed by atoms with Crippen LogP contribution in [0.4, 0.5) is 4.39 Å². The number of benzene rings is 1. The third-order valence-corrected chi connectivity index (χ3v) is 3.25. The van der Waals surface area contributed by atoms with Gasteiger partial charge in [-0.05, 0) is 12.1 Å². The molecule has 1 aromatic carbocycles. The van der Waals surface area contributed by atoms with Gasteiger partial charge in [0.05, 0.1) is 13.2 Å². The molecule has 0 spiro atoms. The van der Waals surface area contributed by atoms with Gasteiger partial charge in [-0.2, -0.15) is 0 Å². The zero-order valence-corrected chi connectivity index (χ0v) is 10.8. The maximum Gasteiger partial charge on any atom is 0.194 e. The molecule has 1 aromatic rings. The molecule has 0 aliphatic carbocycles. The first-order chi connectivity index (χ1) is 9.24. The number of fused-ring (bicyclic) bond motifs is 1. The van der Waals surface area contributed by atoms with Crippen molar-refractivity contribution in [3.63, 3.8) is 0 Å². The van der Waals surface area contributed by atoms with Crippen LogP contribution in [-0.2, 0) is 17.9 Å². The highest BCUT2D eigenvalue weighted by atomic mass is 19.1. The van der Waals surface area contributed by atoms with Crippen LogP contribution in [0.15, 0.2) is 17.1 Å². The van der Waals surface area contributed by atoms with E-state index >= 15 is 0 Å². The van der Waals surface area contributed by atoms with Crippen LogP contribution in [0.5, 0.6) is 5.75 Å². The summed E-state index contributed by atoms with van der Waals surface area (Å²) >= 11 is 0. The average molecular weight is 265 g/mol. The van der Waals surface area contributed by atoms with Crippen molar-refractivity contribution in [2.75, 3.05) is 26.9 Å². The Balaban J connectivity index is 1.78. The topological polar surface area (TPSA) is 46.1 Å². The summed E-state index contributed by atoms with van der Waals surface area (Å²) in [4.78, 5) is 6.38. The predicted molar refractivity (Wildman–Crippen MR) is 68.5 cm³/mol. The van der Waals surface area contributed by atoms with Gasteiger partial charge in [0.2, 0.25) is 0 Å². The van der Waals surface area contributed by atoms with Gasteiger partial charge in [-0.25, -0.2) is 4.39 Å². The second-order valence-corrected chi connectivity index (χ2v) is 4.64. The summed E-state index contributed by atoms with van der Waals surface area (Å²) in [5.74, 6) is 1.29. The van der Waals surface area contributed by atoms with Gasteiger partial charge < -0.3 is 19.7 Å². The number of aliphatic imine (C=N–C) groups is 1. The number of hydrogen-bond acceptors (Lipinski definition) is 5. The van der Waals surface area contributed by atoms with Crippen LogP contribution in [-0.4, -0.2) is 37.8 Å². The van der Waals surface area contributed by atoms with Gasteiger partial charge in [-0.3, -0.25) is 4.99 Å². The lowest BCUT2D eigenvalue weighted by Gasteiger charge is -2.22. The van der Waals surface area contributed by atoms with Crippen molar-refractivity contribution >= 4 is 5.96 Å². The molecule has 3 rings (SSSR count). The van der Waals surface area contributed by atoms with E-state index < -0.39 is 0 Å². The fourth-order valence-electron chi connectivity index (χ4n) is 2.29. The van der Waals surface area contributed by atoms with Crippen LogP contribution in [0.2, 0.25) is 0 Å². The second kappa shape index (κ2) is 5.05. The first-order valence-electron chi connectivity index (χ1n) is 6.25. The maximum absolute atomic E-state index is 13.6. The minimum atomic E-state index is -0.272. The fraction of sp³-hybridized carbons (Fsp3) is 0.462. The van der Waals surface area contributed by atoms with Gasteiger partial charge in [0.1, 0.15) is 11.6 Å². The van der Waals surface area contributed by atoms with E-state index in [2.05, 4.69) is 10.3 Å². The number of ether oxygens (including phenoxy) is 2. The van der Waals surface area contributed by atoms with E-state index in [0.717, 1.165) is 35.9 Å². The molecule has 6 heteroatoms. The summed E-state index contributed by atoms with van der Waals surface area (Å²) in [5, 5.41) is 3.21.